The molecule has 1 radical (unpaired) electrons. The summed E-state index contributed by atoms with van der Waals surface area (Å²) in [5.74, 6) is 0. The second-order valence-corrected chi connectivity index (χ2v) is 5.89. The van der Waals surface area contributed by atoms with Gasteiger partial charge in [0.25, 0.3) is 0 Å². The largest absolute Gasteiger partial charge is 0.226 e. The smallest absolute Gasteiger partial charge is 0.0946 e. The Bertz CT molecular complexity index is 111. The number of rotatable bonds is 1. The van der Waals surface area contributed by atoms with Crippen molar-refractivity contribution in [2.24, 2.45) is 0 Å². The van der Waals surface area contributed by atoms with Gasteiger partial charge >= 0.3 is 0 Å². The zero-order chi connectivity index (χ0) is 8.58. The molecule has 0 saturated heterocycles. The van der Waals surface area contributed by atoms with Crippen molar-refractivity contribution in [3.05, 3.63) is 4.84 Å². The summed E-state index contributed by atoms with van der Waals surface area (Å²) in [5.41, 5.74) is 0. The highest BCUT2D eigenvalue weighted by Gasteiger charge is 2.51. The molecule has 61 valence electrons. The van der Waals surface area contributed by atoms with Crippen LogP contribution in [0.3, 0.4) is 0 Å². The highest BCUT2D eigenvalue weighted by molar-refractivity contribution is 6.79. The third kappa shape index (κ3) is 2.82. The van der Waals surface area contributed by atoms with Crippen molar-refractivity contribution in [2.45, 2.75) is 8.13 Å². The van der Waals surface area contributed by atoms with Crippen LogP contribution in [-0.2, 0) is 0 Å². The van der Waals surface area contributed by atoms with E-state index in [1.54, 1.807) is 0 Å². The van der Waals surface area contributed by atoms with Crippen LogP contribution in [0.1, 0.15) is 0 Å². The normalized spacial score (nSPS) is 14.4. The summed E-state index contributed by atoms with van der Waals surface area (Å²) in [6.45, 7) is 0. The third-order valence-corrected chi connectivity index (χ3v) is 3.92. The molecule has 0 aliphatic heterocycles. The lowest BCUT2D eigenvalue weighted by Gasteiger charge is -2.26. The van der Waals surface area contributed by atoms with Crippen molar-refractivity contribution >= 4 is 81.2 Å². The third-order valence-electron chi connectivity index (χ3n) is 0.593. The lowest BCUT2D eigenvalue weighted by molar-refractivity contribution is 0.945. The van der Waals surface area contributed by atoms with Gasteiger partial charge < -0.3 is 0 Å². The second-order valence-electron chi connectivity index (χ2n) is 1.33. The molecule has 0 bridgehead atoms. The van der Waals surface area contributed by atoms with Crippen molar-refractivity contribution in [1.82, 2.24) is 0 Å². The maximum Gasteiger partial charge on any atom is 0.226 e. The molecule has 0 aromatic rings. The minimum atomic E-state index is -1.94. The first-order chi connectivity index (χ1) is 4.19. The van der Waals surface area contributed by atoms with E-state index in [0.717, 1.165) is 0 Å². The Hall–Kier alpha value is 2.03. The van der Waals surface area contributed by atoms with E-state index in [9.17, 15) is 0 Å². The lowest BCUT2D eigenvalue weighted by atomic mass is 10.5. The van der Waals surface area contributed by atoms with Crippen molar-refractivity contribution in [3.8, 4) is 0 Å². The summed E-state index contributed by atoms with van der Waals surface area (Å²) in [6.07, 6.45) is 0. The van der Waals surface area contributed by atoms with E-state index in [1.807, 2.05) is 0 Å². The minimum absolute atomic E-state index is 0.407. The first-order valence-corrected chi connectivity index (χ1v) is 4.47. The summed E-state index contributed by atoms with van der Waals surface area (Å²) in [5, 5.41) is 0. The van der Waals surface area contributed by atoms with E-state index in [2.05, 4.69) is 0 Å². The Labute approximate surface area is 93.6 Å². The van der Waals surface area contributed by atoms with Crippen LogP contribution in [0, 0.1) is 4.84 Å². The van der Waals surface area contributed by atoms with E-state index >= 15 is 0 Å². The summed E-state index contributed by atoms with van der Waals surface area (Å²) in [6, 6.07) is 0. The molecule has 0 aliphatic rings. The predicted octanol–water partition coefficient (Wildman–Crippen LogP) is 4.50. The Morgan fingerprint density at radius 3 is 1.10 bits per heavy atom. The van der Waals surface area contributed by atoms with Crippen LogP contribution in [0.15, 0.2) is 0 Å². The van der Waals surface area contributed by atoms with Crippen LogP contribution in [-0.4, -0.2) is 8.13 Å². The van der Waals surface area contributed by atoms with Crippen LogP contribution in [0.4, 0.5) is 0 Å². The summed E-state index contributed by atoms with van der Waals surface area (Å²) >= 11 is 37.2. The van der Waals surface area contributed by atoms with Gasteiger partial charge in [-0.1, -0.05) is 81.2 Å². The quantitative estimate of drug-likeness (QED) is 0.622. The molecule has 0 fully saturated rings. The first kappa shape index (κ1) is 12.0. The van der Waals surface area contributed by atoms with Crippen LogP contribution in [0.5, 0.6) is 0 Å². The van der Waals surface area contributed by atoms with Gasteiger partial charge in [0.1, 0.15) is 0 Å². The number of hydrogen-bond donors (Lipinski definition) is 0. The molecule has 0 aliphatic carbocycles. The Balaban J connectivity index is 4.40. The fraction of sp³-hybridized carbons (Fsp3) is 0.667. The average Bonchev–Trinajstić information content (AvgIpc) is 1.62. The summed E-state index contributed by atoms with van der Waals surface area (Å²) in [7, 11) is 0. The maximum atomic E-state index is 5.42. The predicted molar refractivity (Wildman–Crippen MR) is 49.7 cm³/mol. The lowest BCUT2D eigenvalue weighted by Crippen LogP contribution is -2.33. The topological polar surface area (TPSA) is 0 Å². The Morgan fingerprint density at radius 2 is 1.10 bits per heavy atom. The van der Waals surface area contributed by atoms with Gasteiger partial charge in [0.05, 0.1) is 0 Å². The van der Waals surface area contributed by atoms with Crippen LogP contribution < -0.4 is 0 Å². The molecule has 0 aromatic carbocycles. The molecule has 0 amide bonds. The van der Waals surface area contributed by atoms with E-state index in [-0.39, 0.29) is 0 Å². The van der Waals surface area contributed by atoms with Gasteiger partial charge in [-0.2, -0.15) is 0 Å². The van der Waals surface area contributed by atoms with Crippen molar-refractivity contribution in [3.63, 3.8) is 0 Å². The maximum absolute atomic E-state index is 5.42. The van der Waals surface area contributed by atoms with Crippen LogP contribution in [0.25, 0.3) is 0 Å². The SMILES string of the molecule is Cl[C](Cl)C(Cl)(Cl)C(Cl)(Cl)Cl. The zero-order valence-electron chi connectivity index (χ0n) is 4.15. The monoisotopic (exact) mass is 281 g/mol. The van der Waals surface area contributed by atoms with Crippen molar-refractivity contribution < 1.29 is 0 Å². The molecule has 0 unspecified atom stereocenters. The van der Waals surface area contributed by atoms with E-state index in [1.165, 1.54) is 0 Å². The van der Waals surface area contributed by atoms with Crippen molar-refractivity contribution in [1.29, 1.82) is 0 Å². The molecular formula is C3Cl7. The molecule has 0 atom stereocenters. The number of hydrogen-bond acceptors (Lipinski definition) is 0. The Kier molecular flexibility index (Phi) is 4.60. The molecular weight excluding hydrogens is 284 g/mol. The number of halogens is 7. The van der Waals surface area contributed by atoms with Gasteiger partial charge in [-0.15, -0.1) is 0 Å². The molecule has 7 heteroatoms. The second kappa shape index (κ2) is 3.83. The van der Waals surface area contributed by atoms with Gasteiger partial charge in [0, 0.05) is 0 Å². The minimum Gasteiger partial charge on any atom is -0.0946 e. The molecule has 0 heterocycles. The van der Waals surface area contributed by atoms with Gasteiger partial charge in [-0.3, -0.25) is 0 Å². The van der Waals surface area contributed by atoms with Crippen LogP contribution >= 0.6 is 81.2 Å². The first-order valence-electron chi connectivity index (χ1n) is 1.82. The highest BCUT2D eigenvalue weighted by Crippen LogP contribution is 2.53. The summed E-state index contributed by atoms with van der Waals surface area (Å²) < 4.78 is -3.81. The van der Waals surface area contributed by atoms with E-state index in [0.29, 0.717) is 0 Å². The van der Waals surface area contributed by atoms with Gasteiger partial charge in [-0.25, -0.2) is 0 Å². The fourth-order valence-electron chi connectivity index (χ4n) is 0.107. The van der Waals surface area contributed by atoms with Crippen LogP contribution in [0.2, 0.25) is 0 Å². The van der Waals surface area contributed by atoms with Gasteiger partial charge in [-0.05, 0) is 0 Å². The average molecular weight is 284 g/mol. The molecule has 0 N–H and O–H groups in total. The molecule has 10 heavy (non-hydrogen) atoms. The summed E-state index contributed by atoms with van der Waals surface area (Å²) in [4.78, 5) is -0.407. The van der Waals surface area contributed by atoms with Crippen molar-refractivity contribution in [2.75, 3.05) is 0 Å². The zero-order valence-corrected chi connectivity index (χ0v) is 9.44. The van der Waals surface area contributed by atoms with E-state index in [4.69, 9.17) is 81.2 Å². The molecule has 0 aromatic heterocycles. The molecule has 0 rings (SSSR count). The van der Waals surface area contributed by atoms with E-state index < -0.39 is 13.0 Å². The fourth-order valence-corrected chi connectivity index (χ4v) is 0.964. The molecule has 0 nitrogen and oxygen atoms in total. The van der Waals surface area contributed by atoms with Gasteiger partial charge in [0.15, 0.2) is 4.84 Å². The standard InChI is InChI=1S/C3Cl7/c4-1(5)2(6,7)3(8,9)10. The van der Waals surface area contributed by atoms with Gasteiger partial charge in [0.2, 0.25) is 8.13 Å². The highest BCUT2D eigenvalue weighted by atomic mass is 35.6. The number of alkyl halides is 5. The Morgan fingerprint density at radius 1 is 0.800 bits per heavy atom. The molecule has 0 saturated carbocycles. The molecule has 0 spiro atoms.